The fourth-order valence-corrected chi connectivity index (χ4v) is 5.78. The van der Waals surface area contributed by atoms with Gasteiger partial charge in [0.25, 0.3) is 0 Å². The van der Waals surface area contributed by atoms with E-state index in [2.05, 4.69) is 6.92 Å². The highest BCUT2D eigenvalue weighted by Gasteiger charge is 2.43. The molecule has 224 valence electrons. The van der Waals surface area contributed by atoms with Crippen LogP contribution in [0.3, 0.4) is 0 Å². The fourth-order valence-electron chi connectivity index (χ4n) is 5.78. The van der Waals surface area contributed by atoms with E-state index in [1.54, 1.807) is 17.0 Å². The van der Waals surface area contributed by atoms with E-state index >= 15 is 0 Å². The number of nitrogens with zero attached hydrogens (tertiary/aromatic N) is 3. The summed E-state index contributed by atoms with van der Waals surface area (Å²) in [5.74, 6) is -0.592. The van der Waals surface area contributed by atoms with Crippen molar-refractivity contribution in [3.05, 3.63) is 65.0 Å². The predicted molar refractivity (Wildman–Crippen MR) is 139 cm³/mol. The Morgan fingerprint density at radius 2 is 1.37 bits per heavy atom. The number of hydrogen-bond acceptors (Lipinski definition) is 2. The molecule has 0 radical (unpaired) electrons. The normalized spacial score (nSPS) is 23.4. The van der Waals surface area contributed by atoms with E-state index in [1.165, 1.54) is 24.1 Å². The molecule has 0 aromatic heterocycles. The van der Waals surface area contributed by atoms with E-state index in [-0.39, 0.29) is 31.0 Å². The Kier molecular flexibility index (Phi) is 8.61. The topological polar surface area (TPSA) is 43.9 Å². The Labute approximate surface area is 233 Å². The van der Waals surface area contributed by atoms with Crippen LogP contribution in [0.4, 0.5) is 41.2 Å². The van der Waals surface area contributed by atoms with Gasteiger partial charge in [0.2, 0.25) is 5.91 Å². The van der Waals surface area contributed by atoms with Crippen molar-refractivity contribution < 1.29 is 40.3 Å². The van der Waals surface area contributed by atoms with Crippen LogP contribution in [0, 0.1) is 17.7 Å². The average Bonchev–Trinajstić information content (AvgIpc) is 3.36. The van der Waals surface area contributed by atoms with Gasteiger partial charge in [0, 0.05) is 44.7 Å². The van der Waals surface area contributed by atoms with Crippen molar-refractivity contribution in [3.8, 4) is 0 Å². The van der Waals surface area contributed by atoms with Crippen LogP contribution < -0.4 is 4.90 Å². The Hall–Kier alpha value is -3.31. The van der Waals surface area contributed by atoms with Crippen LogP contribution in [0.15, 0.2) is 42.5 Å². The summed E-state index contributed by atoms with van der Waals surface area (Å²) in [5.41, 5.74) is -2.99. The molecular formula is C29H32F7N3O2. The van der Waals surface area contributed by atoms with Crippen LogP contribution in [0.1, 0.15) is 55.2 Å². The second-order valence-electron chi connectivity index (χ2n) is 11.1. The van der Waals surface area contributed by atoms with Crippen molar-refractivity contribution in [2.75, 3.05) is 32.1 Å². The number of benzene rings is 2. The minimum absolute atomic E-state index is 0.00254. The minimum atomic E-state index is -5.07. The number of rotatable bonds is 4. The van der Waals surface area contributed by atoms with Crippen molar-refractivity contribution in [1.82, 2.24) is 9.80 Å². The molecule has 12 heteroatoms. The average molecular weight is 588 g/mol. The van der Waals surface area contributed by atoms with Gasteiger partial charge >= 0.3 is 18.4 Å². The van der Waals surface area contributed by atoms with Crippen molar-refractivity contribution in [2.45, 2.75) is 56.9 Å². The molecule has 0 bridgehead atoms. The first kappa shape index (κ1) is 30.6. The van der Waals surface area contributed by atoms with Gasteiger partial charge in [-0.15, -0.1) is 0 Å². The molecule has 41 heavy (non-hydrogen) atoms. The highest BCUT2D eigenvalue weighted by molar-refractivity contribution is 5.92. The SMILES string of the molecule is CC1CCC(C(=O)N2C[C@@H](N(C)C(=O)N(C)c3cc(C(F)(F)F)cc(C(F)(F)F)c3)[C@H](c3ccc(F)cc3)C2)CC1. The van der Waals surface area contributed by atoms with Crippen molar-refractivity contribution in [2.24, 2.45) is 11.8 Å². The largest absolute Gasteiger partial charge is 0.416 e. The molecule has 1 aliphatic heterocycles. The van der Waals surface area contributed by atoms with Gasteiger partial charge in [0.15, 0.2) is 0 Å². The van der Waals surface area contributed by atoms with E-state index < -0.39 is 53.0 Å². The summed E-state index contributed by atoms with van der Waals surface area (Å²) in [6.45, 7) is 2.50. The van der Waals surface area contributed by atoms with Gasteiger partial charge in [-0.1, -0.05) is 19.1 Å². The maximum atomic E-state index is 13.7. The second kappa shape index (κ2) is 11.5. The molecule has 5 nitrogen and oxygen atoms in total. The van der Waals surface area contributed by atoms with Crippen molar-refractivity contribution in [1.29, 1.82) is 0 Å². The smallest absolute Gasteiger partial charge is 0.340 e. The van der Waals surface area contributed by atoms with Crippen molar-refractivity contribution >= 4 is 17.6 Å². The lowest BCUT2D eigenvalue weighted by Crippen LogP contribution is -2.48. The lowest BCUT2D eigenvalue weighted by atomic mass is 9.82. The standard InChI is InChI=1S/C29H32F7N3O2/c1-17-4-6-19(7-5-17)26(40)39-15-24(18-8-10-22(30)11-9-18)25(16-39)38(3)27(41)37(2)23-13-20(28(31,32)33)12-21(14-23)29(34,35)36/h8-14,17,19,24-25H,4-7,15-16H2,1-3H3/t17?,19?,24-,25+/m0/s1. The maximum absolute atomic E-state index is 13.7. The van der Waals surface area contributed by atoms with Crippen LogP contribution in [0.5, 0.6) is 0 Å². The fraction of sp³-hybridized carbons (Fsp3) is 0.517. The molecule has 2 fully saturated rings. The first-order valence-electron chi connectivity index (χ1n) is 13.4. The van der Waals surface area contributed by atoms with E-state index in [0.717, 1.165) is 37.6 Å². The van der Waals surface area contributed by atoms with Gasteiger partial charge in [-0.2, -0.15) is 26.3 Å². The molecule has 2 atom stereocenters. The number of carbonyl (C=O) groups excluding carboxylic acids is 2. The van der Waals surface area contributed by atoms with E-state index in [0.29, 0.717) is 23.6 Å². The van der Waals surface area contributed by atoms with Gasteiger partial charge in [0.1, 0.15) is 5.82 Å². The first-order valence-corrected chi connectivity index (χ1v) is 13.4. The van der Waals surface area contributed by atoms with Crippen LogP contribution >= 0.6 is 0 Å². The number of halogens is 7. The highest BCUT2D eigenvalue weighted by Crippen LogP contribution is 2.39. The zero-order chi connectivity index (χ0) is 30.3. The van der Waals surface area contributed by atoms with E-state index in [9.17, 15) is 40.3 Å². The summed E-state index contributed by atoms with van der Waals surface area (Å²) < 4.78 is 94.2. The molecule has 1 saturated heterocycles. The quantitative estimate of drug-likeness (QED) is 0.356. The van der Waals surface area contributed by atoms with E-state index in [1.807, 2.05) is 0 Å². The number of urea groups is 1. The summed E-state index contributed by atoms with van der Waals surface area (Å²) in [4.78, 5) is 30.6. The summed E-state index contributed by atoms with van der Waals surface area (Å²) in [6, 6.07) is 5.10. The van der Waals surface area contributed by atoms with Crippen LogP contribution in [-0.2, 0) is 17.1 Å². The molecule has 0 spiro atoms. The number of likely N-dealkylation sites (tertiary alicyclic amines) is 1. The molecule has 1 saturated carbocycles. The lowest BCUT2D eigenvalue weighted by molar-refractivity contribution is -0.143. The van der Waals surface area contributed by atoms with Gasteiger partial charge in [-0.25, -0.2) is 9.18 Å². The zero-order valence-corrected chi connectivity index (χ0v) is 22.9. The molecule has 2 aromatic carbocycles. The van der Waals surface area contributed by atoms with Gasteiger partial charge < -0.3 is 9.80 Å². The minimum Gasteiger partial charge on any atom is -0.340 e. The number of hydrogen-bond donors (Lipinski definition) is 0. The molecule has 0 unspecified atom stereocenters. The molecule has 2 aliphatic rings. The summed E-state index contributed by atoms with van der Waals surface area (Å²) in [6.07, 6.45) is -6.79. The first-order chi connectivity index (χ1) is 19.1. The number of anilines is 1. The van der Waals surface area contributed by atoms with Crippen LogP contribution in [-0.4, -0.2) is 55.0 Å². The molecule has 2 aromatic rings. The summed E-state index contributed by atoms with van der Waals surface area (Å²) >= 11 is 0. The third kappa shape index (κ3) is 6.78. The third-order valence-corrected chi connectivity index (χ3v) is 8.31. The second-order valence-corrected chi connectivity index (χ2v) is 11.1. The van der Waals surface area contributed by atoms with Crippen LogP contribution in [0.2, 0.25) is 0 Å². The monoisotopic (exact) mass is 587 g/mol. The number of likely N-dealkylation sites (N-methyl/N-ethyl adjacent to an activating group) is 1. The zero-order valence-electron chi connectivity index (χ0n) is 22.9. The third-order valence-electron chi connectivity index (χ3n) is 8.31. The number of alkyl halides is 6. The molecule has 0 N–H and O–H groups in total. The van der Waals surface area contributed by atoms with Gasteiger partial charge in [-0.05, 0) is 67.5 Å². The van der Waals surface area contributed by atoms with Gasteiger partial charge in [-0.3, -0.25) is 9.69 Å². The summed E-state index contributed by atoms with van der Waals surface area (Å²) in [5, 5.41) is 0. The Bertz CT molecular complexity index is 1220. The molecular weight excluding hydrogens is 555 g/mol. The highest BCUT2D eigenvalue weighted by atomic mass is 19.4. The molecule has 1 heterocycles. The molecule has 4 rings (SSSR count). The van der Waals surface area contributed by atoms with Crippen molar-refractivity contribution in [3.63, 3.8) is 0 Å². The molecule has 3 amide bonds. The maximum Gasteiger partial charge on any atom is 0.416 e. The van der Waals surface area contributed by atoms with Crippen LogP contribution in [0.25, 0.3) is 0 Å². The Morgan fingerprint density at radius 1 is 0.829 bits per heavy atom. The lowest BCUT2D eigenvalue weighted by Gasteiger charge is -2.33. The number of carbonyl (C=O) groups is 2. The van der Waals surface area contributed by atoms with Gasteiger partial charge in [0.05, 0.1) is 17.2 Å². The molecule has 1 aliphatic carbocycles. The number of amides is 3. The van der Waals surface area contributed by atoms with E-state index in [4.69, 9.17) is 0 Å². The Morgan fingerprint density at radius 3 is 1.88 bits per heavy atom. The predicted octanol–water partition coefficient (Wildman–Crippen LogP) is 7.17. The summed E-state index contributed by atoms with van der Waals surface area (Å²) in [7, 11) is 2.50. The Balaban J connectivity index is 1.62.